The summed E-state index contributed by atoms with van der Waals surface area (Å²) in [4.78, 5) is 46.8. The largest absolute Gasteiger partial charge is 0.490 e. The molecule has 9 nitrogen and oxygen atoms in total. The number of nitrogens with one attached hydrogen (secondary N) is 1. The van der Waals surface area contributed by atoms with Crippen LogP contribution in [0.3, 0.4) is 0 Å². The Hall–Kier alpha value is -3.93. The lowest BCUT2D eigenvalue weighted by atomic mass is 10.0. The highest BCUT2D eigenvalue weighted by Gasteiger charge is 2.38. The number of alkyl halides is 3. The maximum atomic E-state index is 12.7. The van der Waals surface area contributed by atoms with Gasteiger partial charge in [-0.2, -0.15) is 13.2 Å². The molecule has 0 radical (unpaired) electrons. The Morgan fingerprint density at radius 2 is 1.59 bits per heavy atom. The highest BCUT2D eigenvalue weighted by molar-refractivity contribution is 5.89. The van der Waals surface area contributed by atoms with Gasteiger partial charge in [0.1, 0.15) is 6.04 Å². The molecule has 37 heavy (non-hydrogen) atoms. The average molecular weight is 524 g/mol. The summed E-state index contributed by atoms with van der Waals surface area (Å²) in [5, 5.41) is 18.9. The van der Waals surface area contributed by atoms with Crippen molar-refractivity contribution in [2.24, 2.45) is 5.73 Å². The molecule has 12 heteroatoms. The number of hydrogen-bond acceptors (Lipinski definition) is 5. The molecule has 0 aromatic heterocycles. The van der Waals surface area contributed by atoms with Crippen LogP contribution in [-0.2, 0) is 27.3 Å². The number of aromatic carboxylic acids is 1. The third-order valence-electron chi connectivity index (χ3n) is 5.56. The van der Waals surface area contributed by atoms with E-state index >= 15 is 0 Å². The van der Waals surface area contributed by atoms with Gasteiger partial charge in [-0.05, 0) is 42.5 Å². The summed E-state index contributed by atoms with van der Waals surface area (Å²) in [6, 6.07) is 15.4. The molecule has 1 aliphatic heterocycles. The van der Waals surface area contributed by atoms with Crippen LogP contribution in [0.2, 0.25) is 0 Å². The minimum absolute atomic E-state index is 0.0955. The number of halogens is 3. The topological polar surface area (TPSA) is 150 Å². The number of carboxylic acids is 2. The Labute approximate surface area is 211 Å². The number of carboxylic acid groups (broad SMARTS) is 2. The van der Waals surface area contributed by atoms with Gasteiger partial charge in [-0.1, -0.05) is 42.5 Å². The molecule has 1 fully saturated rings. The SMILES string of the molecule is NC(CC(=O)N1CCC[C@H]1C(=O)NCc1ccc(C(=O)O)cc1)Cc1ccccc1.O=C(O)C(F)(F)F. The second-order valence-corrected chi connectivity index (χ2v) is 8.42. The molecule has 2 aromatic carbocycles. The van der Waals surface area contributed by atoms with Crippen LogP contribution in [-0.4, -0.2) is 63.7 Å². The highest BCUT2D eigenvalue weighted by atomic mass is 19.4. The van der Waals surface area contributed by atoms with E-state index in [9.17, 15) is 27.6 Å². The van der Waals surface area contributed by atoms with Crippen LogP contribution in [0.1, 0.15) is 40.7 Å². The minimum atomic E-state index is -5.08. The van der Waals surface area contributed by atoms with Crippen molar-refractivity contribution in [1.29, 1.82) is 0 Å². The van der Waals surface area contributed by atoms with Crippen LogP contribution in [0.5, 0.6) is 0 Å². The molecule has 0 spiro atoms. The van der Waals surface area contributed by atoms with E-state index < -0.39 is 24.2 Å². The predicted octanol–water partition coefficient (Wildman–Crippen LogP) is 2.59. The van der Waals surface area contributed by atoms with E-state index in [1.165, 1.54) is 12.1 Å². The van der Waals surface area contributed by atoms with Crippen LogP contribution in [0.25, 0.3) is 0 Å². The van der Waals surface area contributed by atoms with E-state index in [4.69, 9.17) is 20.7 Å². The lowest BCUT2D eigenvalue weighted by molar-refractivity contribution is -0.192. The standard InChI is InChI=1S/C23H27N3O4.C2HF3O2/c24-19(13-16-5-2-1-3-6-16)14-21(27)26-12-4-7-20(26)22(28)25-15-17-8-10-18(11-9-17)23(29)30;3-2(4,5)1(6)7/h1-3,5-6,8-11,19-20H,4,7,12-15,24H2,(H,25,28)(H,29,30);(H,6,7)/t19?,20-;/m0./s1. The number of nitrogens with zero attached hydrogens (tertiary/aromatic N) is 1. The van der Waals surface area contributed by atoms with Crippen molar-refractivity contribution in [1.82, 2.24) is 10.2 Å². The Kier molecular flexibility index (Phi) is 10.6. The van der Waals surface area contributed by atoms with Gasteiger partial charge in [-0.15, -0.1) is 0 Å². The third kappa shape index (κ3) is 9.56. The van der Waals surface area contributed by atoms with Crippen LogP contribution >= 0.6 is 0 Å². The molecule has 1 saturated heterocycles. The number of aliphatic carboxylic acids is 1. The highest BCUT2D eigenvalue weighted by Crippen LogP contribution is 2.20. The van der Waals surface area contributed by atoms with Gasteiger partial charge in [0.25, 0.3) is 0 Å². The normalized spacial score (nSPS) is 15.8. The summed E-state index contributed by atoms with van der Waals surface area (Å²) in [7, 11) is 0. The number of likely N-dealkylation sites (tertiary alicyclic amines) is 1. The Morgan fingerprint density at radius 1 is 1.00 bits per heavy atom. The Balaban J connectivity index is 0.000000604. The zero-order valence-corrected chi connectivity index (χ0v) is 19.8. The van der Waals surface area contributed by atoms with Gasteiger partial charge in [0.15, 0.2) is 0 Å². The summed E-state index contributed by atoms with van der Waals surface area (Å²) in [6.07, 6.45) is -2.85. The summed E-state index contributed by atoms with van der Waals surface area (Å²) in [6.45, 7) is 0.840. The maximum Gasteiger partial charge on any atom is 0.490 e. The van der Waals surface area contributed by atoms with Gasteiger partial charge in [0.05, 0.1) is 5.56 Å². The Morgan fingerprint density at radius 3 is 2.14 bits per heavy atom. The zero-order valence-electron chi connectivity index (χ0n) is 19.8. The molecule has 1 unspecified atom stereocenters. The number of hydrogen-bond donors (Lipinski definition) is 4. The fourth-order valence-corrected chi connectivity index (χ4v) is 3.74. The monoisotopic (exact) mass is 523 g/mol. The van der Waals surface area contributed by atoms with Crippen molar-refractivity contribution < 1.29 is 42.6 Å². The van der Waals surface area contributed by atoms with Crippen molar-refractivity contribution in [3.8, 4) is 0 Å². The van der Waals surface area contributed by atoms with Crippen LogP contribution in [0.4, 0.5) is 13.2 Å². The summed E-state index contributed by atoms with van der Waals surface area (Å²) in [5.74, 6) is -4.04. The first-order valence-corrected chi connectivity index (χ1v) is 11.4. The van der Waals surface area contributed by atoms with Gasteiger partial charge < -0.3 is 26.2 Å². The molecule has 2 amide bonds. The first-order chi connectivity index (χ1) is 17.4. The lowest BCUT2D eigenvalue weighted by Gasteiger charge is -2.25. The van der Waals surface area contributed by atoms with Crippen molar-refractivity contribution >= 4 is 23.8 Å². The number of amides is 2. The second kappa shape index (κ2) is 13.4. The van der Waals surface area contributed by atoms with E-state index in [1.807, 2.05) is 30.3 Å². The molecule has 0 saturated carbocycles. The fraction of sp³-hybridized carbons (Fsp3) is 0.360. The van der Waals surface area contributed by atoms with E-state index in [0.29, 0.717) is 19.4 Å². The van der Waals surface area contributed by atoms with Gasteiger partial charge in [-0.25, -0.2) is 9.59 Å². The number of nitrogens with two attached hydrogens (primary N) is 1. The van der Waals surface area contributed by atoms with E-state index in [2.05, 4.69) is 5.32 Å². The van der Waals surface area contributed by atoms with Crippen molar-refractivity contribution in [3.05, 3.63) is 71.3 Å². The molecular weight excluding hydrogens is 495 g/mol. The third-order valence-corrected chi connectivity index (χ3v) is 5.56. The number of benzene rings is 2. The first kappa shape index (κ1) is 29.3. The van der Waals surface area contributed by atoms with Crippen molar-refractivity contribution in [2.45, 2.75) is 50.5 Å². The summed E-state index contributed by atoms with van der Waals surface area (Å²) < 4.78 is 31.7. The first-order valence-electron chi connectivity index (χ1n) is 11.4. The van der Waals surface area contributed by atoms with Gasteiger partial charge in [0.2, 0.25) is 11.8 Å². The second-order valence-electron chi connectivity index (χ2n) is 8.42. The molecule has 2 atom stereocenters. The molecule has 5 N–H and O–H groups in total. The predicted molar refractivity (Wildman–Crippen MR) is 126 cm³/mol. The van der Waals surface area contributed by atoms with E-state index in [-0.39, 0.29) is 36.4 Å². The van der Waals surface area contributed by atoms with E-state index in [0.717, 1.165) is 17.5 Å². The van der Waals surface area contributed by atoms with E-state index in [1.54, 1.807) is 17.0 Å². The van der Waals surface area contributed by atoms with Crippen LogP contribution in [0, 0.1) is 0 Å². The molecule has 0 aliphatic carbocycles. The maximum absolute atomic E-state index is 12.7. The van der Waals surface area contributed by atoms with Gasteiger partial charge in [0, 0.05) is 25.6 Å². The molecule has 0 bridgehead atoms. The molecule has 3 rings (SSSR count). The molecular formula is C25H28F3N3O6. The smallest absolute Gasteiger partial charge is 0.478 e. The van der Waals surface area contributed by atoms with Gasteiger partial charge >= 0.3 is 18.1 Å². The van der Waals surface area contributed by atoms with Crippen LogP contribution < -0.4 is 11.1 Å². The van der Waals surface area contributed by atoms with Crippen molar-refractivity contribution in [2.75, 3.05) is 6.54 Å². The summed E-state index contributed by atoms with van der Waals surface area (Å²) in [5.41, 5.74) is 8.26. The minimum Gasteiger partial charge on any atom is -0.478 e. The summed E-state index contributed by atoms with van der Waals surface area (Å²) >= 11 is 0. The quantitative estimate of drug-likeness (QED) is 0.415. The molecule has 1 aliphatic rings. The molecule has 200 valence electrons. The zero-order chi connectivity index (χ0) is 27.6. The molecule has 2 aromatic rings. The van der Waals surface area contributed by atoms with Crippen molar-refractivity contribution in [3.63, 3.8) is 0 Å². The van der Waals surface area contributed by atoms with Gasteiger partial charge in [-0.3, -0.25) is 9.59 Å². The Bertz CT molecular complexity index is 1080. The van der Waals surface area contributed by atoms with Crippen LogP contribution in [0.15, 0.2) is 54.6 Å². The molecule has 1 heterocycles. The number of carbonyl (C=O) groups excluding carboxylic acids is 2. The number of carbonyl (C=O) groups is 4. The number of rotatable bonds is 8. The fourth-order valence-electron chi connectivity index (χ4n) is 3.74. The average Bonchev–Trinajstić information content (AvgIpc) is 3.33. The lowest BCUT2D eigenvalue weighted by Crippen LogP contribution is -2.47.